The topological polar surface area (TPSA) is 171 Å². The Kier molecular flexibility index (Phi) is 11.0. The van der Waals surface area contributed by atoms with E-state index in [1.54, 1.807) is 0 Å². The summed E-state index contributed by atoms with van der Waals surface area (Å²) >= 11 is 0. The molecule has 0 aliphatic carbocycles. The van der Waals surface area contributed by atoms with E-state index in [0.29, 0.717) is 0 Å². The molecule has 12 nitrogen and oxygen atoms in total. The standard InChI is InChI=1S/C16H30BN6O6/c1-10(2)9-17(27-21-14(6)11(3)18-24,28-22-15(7)12(4)19-25)29-23-16(8)13(5)20-26/h10,24-26H,9H2,1-8H3/q-1/p-3/b18-11+,19-12+,20-13+,21-14-,22-15-,23-16-. The van der Waals surface area contributed by atoms with Crippen LogP contribution in [0.3, 0.4) is 0 Å². The highest BCUT2D eigenvalue weighted by Gasteiger charge is 2.39. The van der Waals surface area contributed by atoms with Crippen LogP contribution in [0.4, 0.5) is 0 Å². The van der Waals surface area contributed by atoms with Gasteiger partial charge in [0.15, 0.2) is 0 Å². The molecule has 0 atom stereocenters. The van der Waals surface area contributed by atoms with Crippen LogP contribution in [0.1, 0.15) is 55.4 Å². The summed E-state index contributed by atoms with van der Waals surface area (Å²) in [5, 5.41) is 52.0. The zero-order valence-corrected chi connectivity index (χ0v) is 18.0. The van der Waals surface area contributed by atoms with Gasteiger partial charge in [-0.05, 0) is 47.9 Å². The summed E-state index contributed by atoms with van der Waals surface area (Å²) < 4.78 is 16.5. The molecule has 164 valence electrons. The van der Waals surface area contributed by atoms with Crippen molar-refractivity contribution in [3.05, 3.63) is 15.6 Å². The molecule has 0 amide bonds. The van der Waals surface area contributed by atoms with E-state index < -0.39 is 6.75 Å². The minimum atomic E-state index is -2.77. The average Bonchev–Trinajstić information content (AvgIpc) is 2.71. The van der Waals surface area contributed by atoms with Crippen LogP contribution in [0.25, 0.3) is 0 Å². The van der Waals surface area contributed by atoms with E-state index in [2.05, 4.69) is 30.9 Å². The first-order chi connectivity index (χ1) is 13.5. The Morgan fingerprint density at radius 1 is 0.621 bits per heavy atom. The van der Waals surface area contributed by atoms with Crippen molar-refractivity contribution in [3.63, 3.8) is 0 Å². The van der Waals surface area contributed by atoms with Crippen molar-refractivity contribution in [1.29, 1.82) is 0 Å². The summed E-state index contributed by atoms with van der Waals surface area (Å²) in [6.45, 7) is 9.88. The van der Waals surface area contributed by atoms with Crippen LogP contribution in [-0.2, 0) is 14.3 Å². The predicted octanol–water partition coefficient (Wildman–Crippen LogP) is 3.63. The molecule has 0 saturated heterocycles. The number of nitrogens with zero attached hydrogens (tertiary/aromatic N) is 6. The van der Waals surface area contributed by atoms with Gasteiger partial charge in [-0.1, -0.05) is 19.8 Å². The Morgan fingerprint density at radius 2 is 0.897 bits per heavy atom. The van der Waals surface area contributed by atoms with Crippen LogP contribution in [-0.4, -0.2) is 41.0 Å². The maximum absolute atomic E-state index is 10.7. The van der Waals surface area contributed by atoms with E-state index in [0.717, 1.165) is 0 Å². The van der Waals surface area contributed by atoms with Crippen molar-refractivity contribution in [1.82, 2.24) is 0 Å². The zero-order chi connectivity index (χ0) is 22.6. The van der Waals surface area contributed by atoms with Crippen LogP contribution >= 0.6 is 0 Å². The van der Waals surface area contributed by atoms with E-state index in [4.69, 9.17) is 14.3 Å². The van der Waals surface area contributed by atoms with Crippen molar-refractivity contribution in [2.75, 3.05) is 0 Å². The molecule has 13 heteroatoms. The first-order valence-electron chi connectivity index (χ1n) is 8.87. The van der Waals surface area contributed by atoms with Crippen molar-refractivity contribution in [3.8, 4) is 0 Å². The fraction of sp³-hybridized carbons (Fsp3) is 0.625. The molecule has 0 radical (unpaired) electrons. The molecule has 29 heavy (non-hydrogen) atoms. The summed E-state index contributed by atoms with van der Waals surface area (Å²) in [4.78, 5) is 0. The highest BCUT2D eigenvalue weighted by atomic mass is 16.9. The summed E-state index contributed by atoms with van der Waals surface area (Å²) in [7, 11) is 0. The van der Waals surface area contributed by atoms with Gasteiger partial charge in [0.1, 0.15) is 0 Å². The quantitative estimate of drug-likeness (QED) is 0.286. The zero-order valence-electron chi connectivity index (χ0n) is 18.0. The minimum Gasteiger partial charge on any atom is -0.792 e. The van der Waals surface area contributed by atoms with Crippen molar-refractivity contribution < 1.29 is 14.3 Å². The normalized spacial score (nSPS) is 15.6. The molecule has 0 saturated carbocycles. The first kappa shape index (κ1) is 25.9. The van der Waals surface area contributed by atoms with E-state index in [1.807, 2.05) is 13.8 Å². The van der Waals surface area contributed by atoms with Gasteiger partial charge in [0.25, 0.3) is 0 Å². The first-order valence-corrected chi connectivity index (χ1v) is 8.87. The third-order valence-corrected chi connectivity index (χ3v) is 3.79. The van der Waals surface area contributed by atoms with Gasteiger partial charge in [-0.25, -0.2) is 0 Å². The van der Waals surface area contributed by atoms with E-state index in [-0.39, 0.29) is 46.5 Å². The van der Waals surface area contributed by atoms with Crippen molar-refractivity contribution >= 4 is 41.0 Å². The molecular weight excluding hydrogens is 383 g/mol. The predicted molar refractivity (Wildman–Crippen MR) is 117 cm³/mol. The second kappa shape index (κ2) is 12.4. The van der Waals surface area contributed by atoms with Crippen LogP contribution < -0.4 is 0 Å². The summed E-state index contributed by atoms with van der Waals surface area (Å²) in [5.41, 5.74) is 0.876. The number of hydrogen-bond donors (Lipinski definition) is 0. The lowest BCUT2D eigenvalue weighted by Crippen LogP contribution is -2.44. The molecule has 0 spiro atoms. The Morgan fingerprint density at radius 3 is 1.10 bits per heavy atom. The van der Waals surface area contributed by atoms with Gasteiger partial charge in [0.2, 0.25) is 0 Å². The van der Waals surface area contributed by atoms with Gasteiger partial charge >= 0.3 is 6.75 Å². The minimum absolute atomic E-state index is 0.0191. The van der Waals surface area contributed by atoms with Gasteiger partial charge in [0, 0.05) is 0 Å². The Balaban J connectivity index is 6.13. The monoisotopic (exact) mass is 410 g/mol. The third-order valence-electron chi connectivity index (χ3n) is 3.79. The fourth-order valence-electron chi connectivity index (χ4n) is 1.64. The third kappa shape index (κ3) is 9.08. The summed E-state index contributed by atoms with van der Waals surface area (Å²) in [6, 6.07) is 0. The fourth-order valence-corrected chi connectivity index (χ4v) is 1.64. The molecule has 0 aromatic heterocycles. The molecular formula is C16H27BN6O6-4. The van der Waals surface area contributed by atoms with Crippen molar-refractivity contribution in [2.45, 2.75) is 61.7 Å². The highest BCUT2D eigenvalue weighted by Crippen LogP contribution is 2.23. The summed E-state index contributed by atoms with van der Waals surface area (Å²) in [5.74, 6) is -0.0191. The Hall–Kier alpha value is -3.12. The van der Waals surface area contributed by atoms with Crippen LogP contribution in [0, 0.1) is 21.5 Å². The summed E-state index contributed by atoms with van der Waals surface area (Å²) in [6.07, 6.45) is 0.152. The second-order valence-corrected chi connectivity index (χ2v) is 6.79. The lowest BCUT2D eigenvalue weighted by molar-refractivity contribution is 0.0634. The molecule has 0 rings (SSSR count). The molecule has 0 bridgehead atoms. The lowest BCUT2D eigenvalue weighted by atomic mass is 9.70. The van der Waals surface area contributed by atoms with Gasteiger partial charge in [-0.3, -0.25) is 0 Å². The lowest BCUT2D eigenvalue weighted by Gasteiger charge is -2.36. The Bertz CT molecular complexity index is 641. The second-order valence-electron chi connectivity index (χ2n) is 6.79. The maximum atomic E-state index is 10.7. The molecule has 0 aromatic carbocycles. The SMILES string of the molecule is CC(=N/O[B-](CC(C)C)(O/N=C(C)\C(C)=N\[O-])O/N=C(C)\C(C)=N\[O-])/C(C)=N/[O-]. The van der Waals surface area contributed by atoms with Crippen molar-refractivity contribution in [2.24, 2.45) is 36.9 Å². The Labute approximate surface area is 170 Å². The van der Waals surface area contributed by atoms with Gasteiger partial charge in [0.05, 0.1) is 34.3 Å². The van der Waals surface area contributed by atoms with Crippen LogP contribution in [0.2, 0.25) is 6.32 Å². The number of hydrogen-bond acceptors (Lipinski definition) is 12. The van der Waals surface area contributed by atoms with Gasteiger partial charge < -0.3 is 45.4 Å². The smallest absolute Gasteiger partial charge is 0.609 e. The molecule has 0 unspecified atom stereocenters. The molecule has 0 aliphatic rings. The van der Waals surface area contributed by atoms with Crippen LogP contribution in [0.5, 0.6) is 0 Å². The molecule has 0 aromatic rings. The van der Waals surface area contributed by atoms with E-state index in [9.17, 15) is 15.6 Å². The molecule has 0 N–H and O–H groups in total. The molecule has 0 fully saturated rings. The molecule has 0 aliphatic heterocycles. The van der Waals surface area contributed by atoms with E-state index in [1.165, 1.54) is 41.5 Å². The average molecular weight is 410 g/mol. The molecule has 0 heterocycles. The number of oxime groups is 3. The van der Waals surface area contributed by atoms with Gasteiger partial charge in [-0.15, -0.1) is 15.5 Å². The highest BCUT2D eigenvalue weighted by molar-refractivity contribution is 6.61. The van der Waals surface area contributed by atoms with E-state index >= 15 is 0 Å². The van der Waals surface area contributed by atoms with Crippen LogP contribution in [0.15, 0.2) is 30.9 Å². The van der Waals surface area contributed by atoms with Gasteiger partial charge in [-0.2, -0.15) is 0 Å². The maximum Gasteiger partial charge on any atom is 0.609 e. The largest absolute Gasteiger partial charge is 0.792 e. The number of rotatable bonds is 11.